The molecule has 0 aliphatic carbocycles. The SMILES string of the molecule is CC(C)c1ccc(C(c2ccccc2)c2ccccc2)cc1COC(=O)c1ccccc1. The number of esters is 1. The number of carbonyl (C=O) groups excluding carboxylic acids is 1. The molecule has 2 heteroatoms. The Balaban J connectivity index is 1.70. The predicted octanol–water partition coefficient (Wildman–Crippen LogP) is 7.35. The van der Waals surface area contributed by atoms with Crippen LogP contribution in [0.1, 0.15) is 63.9 Å². The van der Waals surface area contributed by atoms with Crippen LogP contribution in [-0.2, 0) is 11.3 Å². The van der Waals surface area contributed by atoms with Crippen LogP contribution in [0.2, 0.25) is 0 Å². The van der Waals surface area contributed by atoms with Crippen LogP contribution in [0.25, 0.3) is 0 Å². The fourth-order valence-electron chi connectivity index (χ4n) is 4.16. The summed E-state index contributed by atoms with van der Waals surface area (Å²) in [6, 6.07) is 36.8. The number of benzene rings is 4. The molecule has 0 unspecified atom stereocenters. The fraction of sp³-hybridized carbons (Fsp3) is 0.167. The smallest absolute Gasteiger partial charge is 0.338 e. The van der Waals surface area contributed by atoms with Gasteiger partial charge in [-0.1, -0.05) is 111 Å². The molecule has 0 amide bonds. The first-order chi connectivity index (χ1) is 15.6. The van der Waals surface area contributed by atoms with Gasteiger partial charge >= 0.3 is 5.97 Å². The van der Waals surface area contributed by atoms with E-state index in [9.17, 15) is 4.79 Å². The van der Waals surface area contributed by atoms with Crippen LogP contribution >= 0.6 is 0 Å². The van der Waals surface area contributed by atoms with Crippen LogP contribution in [0.3, 0.4) is 0 Å². The third kappa shape index (κ3) is 4.97. The van der Waals surface area contributed by atoms with Crippen molar-refractivity contribution in [3.8, 4) is 0 Å². The maximum atomic E-state index is 12.5. The number of ether oxygens (including phenoxy) is 1. The summed E-state index contributed by atoms with van der Waals surface area (Å²) in [5.41, 5.74) is 6.50. The summed E-state index contributed by atoms with van der Waals surface area (Å²) in [6.45, 7) is 4.60. The highest BCUT2D eigenvalue weighted by Crippen LogP contribution is 2.34. The predicted molar refractivity (Wildman–Crippen MR) is 130 cm³/mol. The van der Waals surface area contributed by atoms with E-state index in [1.807, 2.05) is 30.3 Å². The Kier molecular flexibility index (Phi) is 6.81. The Morgan fingerprint density at radius 3 is 1.75 bits per heavy atom. The molecule has 4 aromatic carbocycles. The zero-order valence-electron chi connectivity index (χ0n) is 18.6. The van der Waals surface area contributed by atoms with E-state index < -0.39 is 0 Å². The topological polar surface area (TPSA) is 26.3 Å². The van der Waals surface area contributed by atoms with Crippen molar-refractivity contribution in [3.05, 3.63) is 143 Å². The Morgan fingerprint density at radius 2 is 1.22 bits per heavy atom. The van der Waals surface area contributed by atoms with Crippen molar-refractivity contribution >= 4 is 5.97 Å². The van der Waals surface area contributed by atoms with Crippen LogP contribution < -0.4 is 0 Å². The van der Waals surface area contributed by atoms with Gasteiger partial charge in [-0.25, -0.2) is 4.79 Å². The lowest BCUT2D eigenvalue weighted by Crippen LogP contribution is -2.09. The van der Waals surface area contributed by atoms with E-state index in [4.69, 9.17) is 4.74 Å². The number of hydrogen-bond acceptors (Lipinski definition) is 2. The van der Waals surface area contributed by atoms with Crippen molar-refractivity contribution in [3.63, 3.8) is 0 Å². The summed E-state index contributed by atoms with van der Waals surface area (Å²) in [5.74, 6) is 0.150. The van der Waals surface area contributed by atoms with Gasteiger partial charge in [0.25, 0.3) is 0 Å². The quantitative estimate of drug-likeness (QED) is 0.231. The van der Waals surface area contributed by atoms with Gasteiger partial charge in [0.05, 0.1) is 5.56 Å². The average Bonchev–Trinajstić information content (AvgIpc) is 2.84. The number of rotatable bonds is 7. The lowest BCUT2D eigenvalue weighted by atomic mass is 9.83. The molecule has 160 valence electrons. The molecule has 0 atom stereocenters. The molecular weight excluding hydrogens is 392 g/mol. The van der Waals surface area contributed by atoms with Gasteiger partial charge in [-0.3, -0.25) is 0 Å². The molecule has 0 heterocycles. The standard InChI is InChI=1S/C30H28O2/c1-22(2)28-19-18-26(20-27(28)21-32-30(31)25-16-10-5-11-17-25)29(23-12-6-3-7-13-23)24-14-8-4-9-15-24/h3-20,22,29H,21H2,1-2H3. The molecule has 0 spiro atoms. The summed E-state index contributed by atoms with van der Waals surface area (Å²) >= 11 is 0. The van der Waals surface area contributed by atoms with Crippen molar-refractivity contribution in [2.75, 3.05) is 0 Å². The van der Waals surface area contributed by atoms with Gasteiger partial charge in [0.15, 0.2) is 0 Å². The molecule has 0 aliphatic heterocycles. The highest BCUT2D eigenvalue weighted by atomic mass is 16.5. The van der Waals surface area contributed by atoms with Crippen LogP contribution in [0.5, 0.6) is 0 Å². The molecule has 0 saturated heterocycles. The number of carbonyl (C=O) groups is 1. The van der Waals surface area contributed by atoms with E-state index in [2.05, 4.69) is 80.6 Å². The van der Waals surface area contributed by atoms with E-state index in [0.717, 1.165) is 5.56 Å². The van der Waals surface area contributed by atoms with Crippen LogP contribution in [-0.4, -0.2) is 5.97 Å². The second kappa shape index (κ2) is 10.1. The Bertz CT molecular complexity index is 1110. The van der Waals surface area contributed by atoms with Crippen LogP contribution in [0.4, 0.5) is 0 Å². The van der Waals surface area contributed by atoms with E-state index in [-0.39, 0.29) is 18.5 Å². The van der Waals surface area contributed by atoms with Crippen molar-refractivity contribution in [1.82, 2.24) is 0 Å². The Morgan fingerprint density at radius 1 is 0.688 bits per heavy atom. The first-order valence-electron chi connectivity index (χ1n) is 11.1. The first kappa shape index (κ1) is 21.6. The van der Waals surface area contributed by atoms with Crippen molar-refractivity contribution in [2.24, 2.45) is 0 Å². The Labute approximate surface area is 190 Å². The van der Waals surface area contributed by atoms with Gasteiger partial charge in [-0.2, -0.15) is 0 Å². The fourth-order valence-corrected chi connectivity index (χ4v) is 4.16. The molecule has 0 bridgehead atoms. The summed E-state index contributed by atoms with van der Waals surface area (Å²) in [7, 11) is 0. The zero-order chi connectivity index (χ0) is 22.3. The molecule has 0 radical (unpaired) electrons. The number of hydrogen-bond donors (Lipinski definition) is 0. The van der Waals surface area contributed by atoms with Gasteiger partial charge in [0.1, 0.15) is 6.61 Å². The van der Waals surface area contributed by atoms with Gasteiger partial charge in [-0.15, -0.1) is 0 Å². The molecule has 32 heavy (non-hydrogen) atoms. The molecular formula is C30H28O2. The van der Waals surface area contributed by atoms with E-state index in [0.29, 0.717) is 11.5 Å². The highest BCUT2D eigenvalue weighted by Gasteiger charge is 2.19. The molecule has 2 nitrogen and oxygen atoms in total. The molecule has 0 saturated carbocycles. The largest absolute Gasteiger partial charge is 0.457 e. The van der Waals surface area contributed by atoms with E-state index in [1.54, 1.807) is 12.1 Å². The highest BCUT2D eigenvalue weighted by molar-refractivity contribution is 5.89. The summed E-state index contributed by atoms with van der Waals surface area (Å²) in [5, 5.41) is 0. The van der Waals surface area contributed by atoms with Crippen molar-refractivity contribution in [1.29, 1.82) is 0 Å². The van der Waals surface area contributed by atoms with E-state index >= 15 is 0 Å². The molecule has 0 aliphatic rings. The van der Waals surface area contributed by atoms with Gasteiger partial charge < -0.3 is 4.74 Å². The van der Waals surface area contributed by atoms with Crippen LogP contribution in [0.15, 0.2) is 109 Å². The summed E-state index contributed by atoms with van der Waals surface area (Å²) < 4.78 is 5.71. The van der Waals surface area contributed by atoms with Crippen LogP contribution in [0, 0.1) is 0 Å². The normalized spacial score (nSPS) is 11.0. The second-order valence-electron chi connectivity index (χ2n) is 8.31. The van der Waals surface area contributed by atoms with Crippen molar-refractivity contribution in [2.45, 2.75) is 32.3 Å². The molecule has 4 rings (SSSR count). The molecule has 0 N–H and O–H groups in total. The second-order valence-corrected chi connectivity index (χ2v) is 8.31. The minimum Gasteiger partial charge on any atom is -0.457 e. The third-order valence-electron chi connectivity index (χ3n) is 5.76. The van der Waals surface area contributed by atoms with E-state index in [1.165, 1.54) is 22.3 Å². The third-order valence-corrected chi connectivity index (χ3v) is 5.76. The summed E-state index contributed by atoms with van der Waals surface area (Å²) in [6.07, 6.45) is 0. The van der Waals surface area contributed by atoms with Gasteiger partial charge in [-0.05, 0) is 45.9 Å². The summed E-state index contributed by atoms with van der Waals surface area (Å²) in [4.78, 5) is 12.5. The van der Waals surface area contributed by atoms with Crippen molar-refractivity contribution < 1.29 is 9.53 Å². The average molecular weight is 421 g/mol. The zero-order valence-corrected chi connectivity index (χ0v) is 18.6. The molecule has 0 aromatic heterocycles. The van der Waals surface area contributed by atoms with Gasteiger partial charge in [0, 0.05) is 5.92 Å². The molecule has 4 aromatic rings. The minimum absolute atomic E-state index is 0.113. The first-order valence-corrected chi connectivity index (χ1v) is 11.1. The maximum Gasteiger partial charge on any atom is 0.338 e. The monoisotopic (exact) mass is 420 g/mol. The minimum atomic E-state index is -0.298. The van der Waals surface area contributed by atoms with Gasteiger partial charge in [0.2, 0.25) is 0 Å². The Hall–Kier alpha value is -3.65. The lowest BCUT2D eigenvalue weighted by Gasteiger charge is -2.22. The maximum absolute atomic E-state index is 12.5. The lowest BCUT2D eigenvalue weighted by molar-refractivity contribution is 0.0471. The molecule has 0 fully saturated rings.